The molecule has 5 rings (SSSR count). The number of benzene rings is 1. The average Bonchev–Trinajstić information content (AvgIpc) is 3.16. The minimum absolute atomic E-state index is 0.0516. The van der Waals surface area contributed by atoms with Gasteiger partial charge < -0.3 is 15.4 Å². The molecular formula is C20H24FN5O2. The molecule has 3 heterocycles. The Kier molecular flexibility index (Phi) is 4.23. The zero-order valence-electron chi connectivity index (χ0n) is 15.6. The molecule has 1 aromatic carbocycles. The zero-order valence-corrected chi connectivity index (χ0v) is 15.6. The molecule has 1 aromatic heterocycles. The fourth-order valence-corrected chi connectivity index (χ4v) is 4.73. The predicted octanol–water partition coefficient (Wildman–Crippen LogP) is 3.11. The van der Waals surface area contributed by atoms with Crippen LogP contribution in [0.2, 0.25) is 0 Å². The highest BCUT2D eigenvalue weighted by Gasteiger charge is 2.44. The van der Waals surface area contributed by atoms with E-state index in [1.807, 2.05) is 6.07 Å². The van der Waals surface area contributed by atoms with Crippen LogP contribution in [0, 0.1) is 5.82 Å². The highest BCUT2D eigenvalue weighted by atomic mass is 19.1. The molecule has 3 aliphatic rings. The number of amides is 2. The van der Waals surface area contributed by atoms with Crippen LogP contribution in [0.15, 0.2) is 24.4 Å². The first-order chi connectivity index (χ1) is 13.6. The number of anilines is 1. The largest absolute Gasteiger partial charge is 0.487 e. The Morgan fingerprint density at radius 3 is 2.79 bits per heavy atom. The Labute approximate surface area is 162 Å². The molecule has 1 saturated carbocycles. The van der Waals surface area contributed by atoms with Crippen LogP contribution in [-0.4, -0.2) is 40.3 Å². The second-order valence-electron chi connectivity index (χ2n) is 8.03. The lowest BCUT2D eigenvalue weighted by molar-refractivity contribution is 0.0120. The number of carbonyl (C=O) groups excluding carboxylic acids is 1. The summed E-state index contributed by atoms with van der Waals surface area (Å²) in [5.41, 5.74) is 1.59. The minimum atomic E-state index is -0.535. The van der Waals surface area contributed by atoms with Gasteiger partial charge in [0.05, 0.1) is 11.2 Å². The number of H-pyrrole nitrogens is 1. The SMILES string of the molecule is O=C1Nc2c(F)ccc(OC3CN(Cc4ccn[nH]4)C3)c2C2(CCCCC2)N1. The first-order valence-electron chi connectivity index (χ1n) is 9.92. The minimum Gasteiger partial charge on any atom is -0.487 e. The standard InChI is InChI=1S/C20H24FN5O2/c21-15-4-5-16(28-14-11-26(12-14)10-13-6-9-22-25-13)17-18(15)23-19(27)24-20(17)7-2-1-3-8-20/h4-6,9,14H,1-3,7-8,10-12H2,(H,22,25)(H2,23,24,27). The van der Waals surface area contributed by atoms with Crippen molar-refractivity contribution in [2.75, 3.05) is 18.4 Å². The van der Waals surface area contributed by atoms with E-state index in [0.29, 0.717) is 5.75 Å². The number of nitrogens with zero attached hydrogens (tertiary/aromatic N) is 2. The van der Waals surface area contributed by atoms with Gasteiger partial charge in [-0.1, -0.05) is 19.3 Å². The third-order valence-electron chi connectivity index (χ3n) is 6.06. The van der Waals surface area contributed by atoms with Crippen molar-refractivity contribution < 1.29 is 13.9 Å². The molecule has 7 nitrogen and oxygen atoms in total. The Hall–Kier alpha value is -2.61. The molecule has 28 heavy (non-hydrogen) atoms. The molecule has 2 aliphatic heterocycles. The lowest BCUT2D eigenvalue weighted by Gasteiger charge is -2.45. The van der Waals surface area contributed by atoms with Crippen molar-refractivity contribution in [2.45, 2.75) is 50.3 Å². The summed E-state index contributed by atoms with van der Waals surface area (Å²) in [6.45, 7) is 2.42. The highest BCUT2D eigenvalue weighted by Crippen LogP contribution is 2.48. The van der Waals surface area contributed by atoms with Gasteiger partial charge in [-0.05, 0) is 31.0 Å². The van der Waals surface area contributed by atoms with Crippen molar-refractivity contribution in [3.63, 3.8) is 0 Å². The molecule has 148 valence electrons. The number of hydrogen-bond acceptors (Lipinski definition) is 4. The summed E-state index contributed by atoms with van der Waals surface area (Å²) in [6, 6.07) is 4.73. The Morgan fingerprint density at radius 2 is 2.04 bits per heavy atom. The number of nitrogens with one attached hydrogen (secondary N) is 3. The van der Waals surface area contributed by atoms with Crippen molar-refractivity contribution >= 4 is 11.7 Å². The van der Waals surface area contributed by atoms with E-state index in [2.05, 4.69) is 25.7 Å². The van der Waals surface area contributed by atoms with E-state index in [9.17, 15) is 9.18 Å². The fraction of sp³-hybridized carbons (Fsp3) is 0.500. The van der Waals surface area contributed by atoms with Crippen LogP contribution < -0.4 is 15.4 Å². The summed E-state index contributed by atoms with van der Waals surface area (Å²) >= 11 is 0. The average molecular weight is 385 g/mol. The Balaban J connectivity index is 1.37. The van der Waals surface area contributed by atoms with Gasteiger partial charge in [-0.15, -0.1) is 0 Å². The molecule has 1 saturated heterocycles. The van der Waals surface area contributed by atoms with Crippen molar-refractivity contribution in [1.29, 1.82) is 0 Å². The lowest BCUT2D eigenvalue weighted by atomic mass is 9.74. The molecule has 0 bridgehead atoms. The molecule has 2 amide bonds. The number of aromatic amines is 1. The van der Waals surface area contributed by atoms with E-state index in [-0.39, 0.29) is 17.8 Å². The summed E-state index contributed by atoms with van der Waals surface area (Å²) in [7, 11) is 0. The maximum atomic E-state index is 14.6. The number of likely N-dealkylation sites (tertiary alicyclic amines) is 1. The summed E-state index contributed by atoms with van der Waals surface area (Å²) in [6.07, 6.45) is 6.58. The third-order valence-corrected chi connectivity index (χ3v) is 6.06. The molecule has 1 spiro atoms. The monoisotopic (exact) mass is 385 g/mol. The summed E-state index contributed by atoms with van der Waals surface area (Å²) in [5.74, 6) is 0.272. The van der Waals surface area contributed by atoms with Crippen LogP contribution >= 0.6 is 0 Å². The van der Waals surface area contributed by atoms with Crippen molar-refractivity contribution in [3.05, 3.63) is 41.5 Å². The smallest absolute Gasteiger partial charge is 0.320 e. The number of ether oxygens (including phenoxy) is 1. The molecule has 0 atom stereocenters. The van der Waals surface area contributed by atoms with E-state index in [0.717, 1.165) is 63.0 Å². The van der Waals surface area contributed by atoms with Gasteiger partial charge in [0, 0.05) is 37.1 Å². The van der Waals surface area contributed by atoms with Crippen LogP contribution in [0.4, 0.5) is 14.9 Å². The van der Waals surface area contributed by atoms with Crippen LogP contribution in [-0.2, 0) is 12.1 Å². The Morgan fingerprint density at radius 1 is 1.21 bits per heavy atom. The highest BCUT2D eigenvalue weighted by molar-refractivity contribution is 5.94. The molecular weight excluding hydrogens is 361 g/mol. The summed E-state index contributed by atoms with van der Waals surface area (Å²) < 4.78 is 20.8. The first kappa shape index (κ1) is 17.5. The zero-order chi connectivity index (χ0) is 19.1. The van der Waals surface area contributed by atoms with Crippen LogP contribution in [0.5, 0.6) is 5.75 Å². The first-order valence-corrected chi connectivity index (χ1v) is 9.92. The molecule has 3 N–H and O–H groups in total. The van der Waals surface area contributed by atoms with E-state index in [4.69, 9.17) is 4.74 Å². The maximum Gasteiger partial charge on any atom is 0.320 e. The third kappa shape index (κ3) is 3.01. The fourth-order valence-electron chi connectivity index (χ4n) is 4.73. The number of fused-ring (bicyclic) bond motifs is 2. The van der Waals surface area contributed by atoms with E-state index >= 15 is 0 Å². The molecule has 1 aliphatic carbocycles. The number of urea groups is 1. The van der Waals surface area contributed by atoms with Crippen LogP contribution in [0.1, 0.15) is 43.4 Å². The molecule has 8 heteroatoms. The van der Waals surface area contributed by atoms with Gasteiger partial charge in [-0.3, -0.25) is 10.00 Å². The van der Waals surface area contributed by atoms with E-state index in [1.165, 1.54) is 6.07 Å². The summed E-state index contributed by atoms with van der Waals surface area (Å²) in [5, 5.41) is 12.7. The van der Waals surface area contributed by atoms with Gasteiger partial charge in [0.15, 0.2) is 0 Å². The molecule has 2 fully saturated rings. The molecule has 2 aromatic rings. The second-order valence-corrected chi connectivity index (χ2v) is 8.03. The van der Waals surface area contributed by atoms with Gasteiger partial charge >= 0.3 is 6.03 Å². The quantitative estimate of drug-likeness (QED) is 0.755. The normalized spacial score (nSPS) is 21.5. The van der Waals surface area contributed by atoms with Gasteiger partial charge in [0.2, 0.25) is 0 Å². The van der Waals surface area contributed by atoms with Crippen molar-refractivity contribution in [1.82, 2.24) is 20.4 Å². The van der Waals surface area contributed by atoms with E-state index < -0.39 is 11.4 Å². The van der Waals surface area contributed by atoms with E-state index in [1.54, 1.807) is 12.3 Å². The van der Waals surface area contributed by atoms with Gasteiger partial charge in [0.25, 0.3) is 0 Å². The van der Waals surface area contributed by atoms with Crippen LogP contribution in [0.25, 0.3) is 0 Å². The van der Waals surface area contributed by atoms with Gasteiger partial charge in [-0.25, -0.2) is 9.18 Å². The van der Waals surface area contributed by atoms with Crippen LogP contribution in [0.3, 0.4) is 0 Å². The molecule has 0 radical (unpaired) electrons. The van der Waals surface area contributed by atoms with Gasteiger partial charge in [-0.2, -0.15) is 5.10 Å². The second kappa shape index (κ2) is 6.77. The molecule has 0 unspecified atom stereocenters. The number of hydrogen-bond donors (Lipinski definition) is 3. The summed E-state index contributed by atoms with van der Waals surface area (Å²) in [4.78, 5) is 14.5. The number of halogens is 1. The Bertz CT molecular complexity index is 873. The van der Waals surface area contributed by atoms with Gasteiger partial charge in [0.1, 0.15) is 17.7 Å². The van der Waals surface area contributed by atoms with Crippen molar-refractivity contribution in [2.24, 2.45) is 0 Å². The maximum absolute atomic E-state index is 14.6. The predicted molar refractivity (Wildman–Crippen MR) is 102 cm³/mol. The number of carbonyl (C=O) groups is 1. The number of rotatable bonds is 4. The topological polar surface area (TPSA) is 82.3 Å². The number of aromatic nitrogens is 2. The van der Waals surface area contributed by atoms with Crippen molar-refractivity contribution in [3.8, 4) is 5.75 Å². The lowest BCUT2D eigenvalue weighted by Crippen LogP contribution is -2.55.